The number of benzene rings is 1. The summed E-state index contributed by atoms with van der Waals surface area (Å²) in [5.41, 5.74) is 2.32. The van der Waals surface area contributed by atoms with E-state index in [4.69, 9.17) is 0 Å². The van der Waals surface area contributed by atoms with Crippen molar-refractivity contribution in [1.29, 1.82) is 0 Å². The number of rotatable bonds is 5. The van der Waals surface area contributed by atoms with E-state index in [1.54, 1.807) is 11.3 Å². The SMILES string of the molecule is Cc1csc(C2CCCN(C(=O)CN(C)Cc3ccccc3)C2)n1. The van der Waals surface area contributed by atoms with Crippen molar-refractivity contribution in [3.05, 3.63) is 52.0 Å². The van der Waals surface area contributed by atoms with Crippen molar-refractivity contribution in [3.8, 4) is 0 Å². The lowest BCUT2D eigenvalue weighted by molar-refractivity contribution is -0.133. The number of aryl methyl sites for hydroxylation is 1. The lowest BCUT2D eigenvalue weighted by atomic mass is 9.98. The highest BCUT2D eigenvalue weighted by Crippen LogP contribution is 2.29. The summed E-state index contributed by atoms with van der Waals surface area (Å²) in [6.07, 6.45) is 2.20. The number of thiazole rings is 1. The Balaban J connectivity index is 1.54. The molecule has 1 aromatic carbocycles. The first-order valence-corrected chi connectivity index (χ1v) is 9.42. The average molecular weight is 343 g/mol. The van der Waals surface area contributed by atoms with Crippen molar-refractivity contribution in [1.82, 2.24) is 14.8 Å². The lowest BCUT2D eigenvalue weighted by Gasteiger charge is -2.33. The highest BCUT2D eigenvalue weighted by Gasteiger charge is 2.26. The quantitative estimate of drug-likeness (QED) is 0.836. The summed E-state index contributed by atoms with van der Waals surface area (Å²) < 4.78 is 0. The van der Waals surface area contributed by atoms with Crippen molar-refractivity contribution in [2.75, 3.05) is 26.7 Å². The molecule has 0 radical (unpaired) electrons. The summed E-state index contributed by atoms with van der Waals surface area (Å²) in [5, 5.41) is 3.28. The van der Waals surface area contributed by atoms with Gasteiger partial charge < -0.3 is 4.90 Å². The number of carbonyl (C=O) groups excluding carboxylic acids is 1. The van der Waals surface area contributed by atoms with Gasteiger partial charge in [0.2, 0.25) is 5.91 Å². The zero-order valence-electron chi connectivity index (χ0n) is 14.4. The van der Waals surface area contributed by atoms with Gasteiger partial charge >= 0.3 is 0 Å². The zero-order valence-corrected chi connectivity index (χ0v) is 15.3. The van der Waals surface area contributed by atoms with Crippen LogP contribution in [0.5, 0.6) is 0 Å². The van der Waals surface area contributed by atoms with E-state index in [0.717, 1.165) is 38.2 Å². The number of aromatic nitrogens is 1. The van der Waals surface area contributed by atoms with Crippen LogP contribution in [-0.2, 0) is 11.3 Å². The number of likely N-dealkylation sites (tertiary alicyclic amines) is 1. The fraction of sp³-hybridized carbons (Fsp3) is 0.474. The van der Waals surface area contributed by atoms with Gasteiger partial charge in [-0.3, -0.25) is 9.69 Å². The largest absolute Gasteiger partial charge is 0.341 e. The summed E-state index contributed by atoms with van der Waals surface area (Å²) in [6, 6.07) is 10.3. The number of hydrogen-bond acceptors (Lipinski definition) is 4. The maximum Gasteiger partial charge on any atom is 0.236 e. The third-order valence-corrected chi connectivity index (χ3v) is 5.59. The first kappa shape index (κ1) is 17.1. The smallest absolute Gasteiger partial charge is 0.236 e. The van der Waals surface area contributed by atoms with Crippen LogP contribution in [0.15, 0.2) is 35.7 Å². The van der Waals surface area contributed by atoms with Crippen molar-refractivity contribution in [2.45, 2.75) is 32.2 Å². The van der Waals surface area contributed by atoms with E-state index in [1.807, 2.05) is 37.1 Å². The third-order valence-electron chi connectivity index (χ3n) is 4.46. The first-order valence-electron chi connectivity index (χ1n) is 8.54. The summed E-state index contributed by atoms with van der Waals surface area (Å²) >= 11 is 1.73. The van der Waals surface area contributed by atoms with Gasteiger partial charge in [-0.25, -0.2) is 4.98 Å². The van der Waals surface area contributed by atoms with Crippen LogP contribution in [0.3, 0.4) is 0 Å². The molecule has 2 aromatic rings. The number of amides is 1. The Labute approximate surface area is 148 Å². The minimum atomic E-state index is 0.228. The molecular weight excluding hydrogens is 318 g/mol. The van der Waals surface area contributed by atoms with Crippen LogP contribution in [0.1, 0.15) is 35.0 Å². The number of likely N-dealkylation sites (N-methyl/N-ethyl adjacent to an activating group) is 1. The van der Waals surface area contributed by atoms with Gasteiger partial charge in [0.05, 0.1) is 11.6 Å². The van der Waals surface area contributed by atoms with Gasteiger partial charge in [-0.2, -0.15) is 0 Å². The Hall–Kier alpha value is -1.72. The van der Waals surface area contributed by atoms with Gasteiger partial charge in [0.25, 0.3) is 0 Å². The van der Waals surface area contributed by atoms with Crippen molar-refractivity contribution in [2.24, 2.45) is 0 Å². The molecule has 1 aliphatic rings. The molecule has 5 heteroatoms. The molecule has 24 heavy (non-hydrogen) atoms. The molecule has 1 fully saturated rings. The van der Waals surface area contributed by atoms with Crippen LogP contribution in [0, 0.1) is 6.92 Å². The minimum Gasteiger partial charge on any atom is -0.341 e. The van der Waals surface area contributed by atoms with E-state index in [0.29, 0.717) is 12.5 Å². The summed E-state index contributed by atoms with van der Waals surface area (Å²) in [5.74, 6) is 0.632. The molecular formula is C19H25N3OS. The molecule has 0 bridgehead atoms. The number of piperidine rings is 1. The number of nitrogens with zero attached hydrogens (tertiary/aromatic N) is 3. The molecule has 3 rings (SSSR count). The molecule has 1 aromatic heterocycles. The molecule has 0 aliphatic carbocycles. The predicted molar refractivity (Wildman–Crippen MR) is 98.2 cm³/mol. The van der Waals surface area contributed by atoms with Crippen LogP contribution in [0.2, 0.25) is 0 Å². The van der Waals surface area contributed by atoms with E-state index < -0.39 is 0 Å². The zero-order chi connectivity index (χ0) is 16.9. The summed E-state index contributed by atoms with van der Waals surface area (Å²) in [6.45, 7) is 4.99. The summed E-state index contributed by atoms with van der Waals surface area (Å²) in [7, 11) is 2.01. The number of hydrogen-bond donors (Lipinski definition) is 0. The normalized spacial score (nSPS) is 18.1. The van der Waals surface area contributed by atoms with Crippen molar-refractivity contribution in [3.63, 3.8) is 0 Å². The van der Waals surface area contributed by atoms with Crippen molar-refractivity contribution >= 4 is 17.2 Å². The van der Waals surface area contributed by atoms with E-state index in [-0.39, 0.29) is 5.91 Å². The van der Waals surface area contributed by atoms with Gasteiger partial charge in [-0.15, -0.1) is 11.3 Å². The molecule has 1 saturated heterocycles. The van der Waals surface area contributed by atoms with E-state index in [1.165, 1.54) is 10.6 Å². The maximum absolute atomic E-state index is 12.6. The Bertz CT molecular complexity index is 670. The Morgan fingerprint density at radius 2 is 2.17 bits per heavy atom. The predicted octanol–water partition coefficient (Wildman–Crippen LogP) is 3.29. The Morgan fingerprint density at radius 3 is 2.88 bits per heavy atom. The van der Waals surface area contributed by atoms with E-state index in [2.05, 4.69) is 27.4 Å². The van der Waals surface area contributed by atoms with Gasteiger partial charge in [-0.1, -0.05) is 30.3 Å². The molecule has 2 heterocycles. The van der Waals surface area contributed by atoms with Crippen LogP contribution < -0.4 is 0 Å². The van der Waals surface area contributed by atoms with Crippen molar-refractivity contribution < 1.29 is 4.79 Å². The van der Waals surface area contributed by atoms with Crippen LogP contribution in [0.25, 0.3) is 0 Å². The fourth-order valence-electron chi connectivity index (χ4n) is 3.25. The van der Waals surface area contributed by atoms with Crippen LogP contribution in [0.4, 0.5) is 0 Å². The van der Waals surface area contributed by atoms with Gasteiger partial charge in [0.15, 0.2) is 0 Å². The molecule has 0 saturated carbocycles. The molecule has 4 nitrogen and oxygen atoms in total. The molecule has 1 aliphatic heterocycles. The summed E-state index contributed by atoms with van der Waals surface area (Å²) in [4.78, 5) is 21.4. The second-order valence-electron chi connectivity index (χ2n) is 6.66. The van der Waals surface area contributed by atoms with E-state index in [9.17, 15) is 4.79 Å². The van der Waals surface area contributed by atoms with Gasteiger partial charge in [-0.05, 0) is 32.4 Å². The Morgan fingerprint density at radius 1 is 1.38 bits per heavy atom. The first-order chi connectivity index (χ1) is 11.6. The topological polar surface area (TPSA) is 36.4 Å². The standard InChI is InChI=1S/C19H25N3OS/c1-15-14-24-19(20-15)17-9-6-10-22(12-17)18(23)13-21(2)11-16-7-4-3-5-8-16/h3-5,7-8,14,17H,6,9-13H2,1-2H3. The highest BCUT2D eigenvalue weighted by atomic mass is 32.1. The lowest BCUT2D eigenvalue weighted by Crippen LogP contribution is -2.43. The molecule has 1 unspecified atom stereocenters. The minimum absolute atomic E-state index is 0.228. The second-order valence-corrected chi connectivity index (χ2v) is 7.55. The molecule has 1 atom stereocenters. The van der Waals surface area contributed by atoms with Gasteiger partial charge in [0, 0.05) is 36.6 Å². The molecule has 1 amide bonds. The monoisotopic (exact) mass is 343 g/mol. The van der Waals surface area contributed by atoms with Gasteiger partial charge in [0.1, 0.15) is 0 Å². The Kier molecular flexibility index (Phi) is 5.63. The molecule has 0 spiro atoms. The fourth-order valence-corrected chi connectivity index (χ4v) is 4.17. The molecule has 0 N–H and O–H groups in total. The molecule has 128 valence electrons. The maximum atomic E-state index is 12.6. The third kappa shape index (κ3) is 4.42. The van der Waals surface area contributed by atoms with E-state index >= 15 is 0 Å². The average Bonchev–Trinajstić information content (AvgIpc) is 3.02. The number of carbonyl (C=O) groups is 1. The second kappa shape index (κ2) is 7.90. The highest BCUT2D eigenvalue weighted by molar-refractivity contribution is 7.09. The van der Waals surface area contributed by atoms with Crippen LogP contribution >= 0.6 is 11.3 Å². The van der Waals surface area contributed by atoms with Crippen LogP contribution in [-0.4, -0.2) is 47.4 Å².